The van der Waals surface area contributed by atoms with Crippen molar-refractivity contribution in [2.24, 2.45) is 5.10 Å². The molecule has 0 unspecified atom stereocenters. The maximum absolute atomic E-state index is 13.5. The minimum absolute atomic E-state index is 0.165. The lowest BCUT2D eigenvalue weighted by Gasteiger charge is -2.05. The van der Waals surface area contributed by atoms with Gasteiger partial charge in [-0.1, -0.05) is 28.1 Å². The molecule has 6 heteroatoms. The minimum atomic E-state index is -0.423. The number of ether oxygens (including phenoxy) is 1. The Labute approximate surface area is 136 Å². The molecule has 114 valence electrons. The Kier molecular flexibility index (Phi) is 5.66. The number of halogens is 2. The van der Waals surface area contributed by atoms with Crippen LogP contribution in [-0.4, -0.2) is 18.7 Å². The van der Waals surface area contributed by atoms with Crippen LogP contribution in [0.1, 0.15) is 11.1 Å². The number of hydrogen-bond donors (Lipinski definition) is 1. The Morgan fingerprint density at radius 2 is 2.18 bits per heavy atom. The van der Waals surface area contributed by atoms with Gasteiger partial charge < -0.3 is 4.74 Å². The van der Waals surface area contributed by atoms with Gasteiger partial charge >= 0.3 is 0 Å². The maximum Gasteiger partial charge on any atom is 0.277 e. The number of hydrogen-bond acceptors (Lipinski definition) is 3. The molecule has 0 radical (unpaired) electrons. The van der Waals surface area contributed by atoms with Crippen molar-refractivity contribution in [1.82, 2.24) is 5.43 Å². The first kappa shape index (κ1) is 16.2. The molecule has 0 spiro atoms. The Bertz CT molecular complexity index is 704. The molecule has 0 aliphatic heterocycles. The zero-order chi connectivity index (χ0) is 15.9. The molecule has 2 rings (SSSR count). The van der Waals surface area contributed by atoms with Gasteiger partial charge in [-0.2, -0.15) is 5.10 Å². The van der Waals surface area contributed by atoms with Gasteiger partial charge in [0.2, 0.25) is 0 Å². The van der Waals surface area contributed by atoms with Crippen LogP contribution in [0.3, 0.4) is 0 Å². The average molecular weight is 365 g/mol. The molecule has 0 aliphatic rings. The third kappa shape index (κ3) is 4.96. The first-order valence-electron chi connectivity index (χ1n) is 6.51. The van der Waals surface area contributed by atoms with Crippen LogP contribution in [0.15, 0.2) is 52.0 Å². The summed E-state index contributed by atoms with van der Waals surface area (Å²) in [6.07, 6.45) is 1.24. The zero-order valence-corrected chi connectivity index (χ0v) is 13.4. The van der Waals surface area contributed by atoms with E-state index in [1.165, 1.54) is 12.3 Å². The van der Waals surface area contributed by atoms with E-state index in [0.29, 0.717) is 5.75 Å². The molecule has 1 amide bonds. The predicted octanol–water partition coefficient (Wildman–Crippen LogP) is 3.43. The largest absolute Gasteiger partial charge is 0.484 e. The van der Waals surface area contributed by atoms with Crippen LogP contribution in [0.2, 0.25) is 0 Å². The highest BCUT2D eigenvalue weighted by Crippen LogP contribution is 2.14. The first-order chi connectivity index (χ1) is 10.5. The van der Waals surface area contributed by atoms with Crippen molar-refractivity contribution in [3.63, 3.8) is 0 Å². The van der Waals surface area contributed by atoms with Crippen LogP contribution in [0.25, 0.3) is 0 Å². The monoisotopic (exact) mass is 364 g/mol. The van der Waals surface area contributed by atoms with Crippen LogP contribution in [0.4, 0.5) is 4.39 Å². The lowest BCUT2D eigenvalue weighted by atomic mass is 10.2. The van der Waals surface area contributed by atoms with Gasteiger partial charge in [0.1, 0.15) is 11.6 Å². The van der Waals surface area contributed by atoms with Gasteiger partial charge in [0.15, 0.2) is 6.61 Å². The van der Waals surface area contributed by atoms with E-state index in [-0.39, 0.29) is 12.2 Å². The summed E-state index contributed by atoms with van der Waals surface area (Å²) in [5, 5.41) is 3.71. The summed E-state index contributed by atoms with van der Waals surface area (Å²) < 4.78 is 19.5. The summed E-state index contributed by atoms with van der Waals surface area (Å²) in [5.74, 6) is -0.234. The molecule has 0 saturated carbocycles. The molecule has 2 aromatic carbocycles. The van der Waals surface area contributed by atoms with E-state index in [1.807, 2.05) is 25.1 Å². The number of benzene rings is 2. The normalized spacial score (nSPS) is 10.7. The zero-order valence-electron chi connectivity index (χ0n) is 11.8. The first-order valence-corrected chi connectivity index (χ1v) is 7.30. The standard InChI is InChI=1S/C16H14BrFN2O2/c1-11-3-2-4-14(7-11)22-10-16(21)20-19-9-12-8-13(17)5-6-15(12)18/h2-9H,10H2,1H3,(H,20,21)/b19-9-. The SMILES string of the molecule is Cc1cccc(OCC(=O)N/N=C\c2cc(Br)ccc2F)c1. The number of rotatable bonds is 5. The second-order valence-corrected chi connectivity index (χ2v) is 5.48. The number of carbonyl (C=O) groups is 1. The Balaban J connectivity index is 1.85. The highest BCUT2D eigenvalue weighted by Gasteiger charge is 2.03. The van der Waals surface area contributed by atoms with Crippen molar-refractivity contribution >= 4 is 28.1 Å². The smallest absolute Gasteiger partial charge is 0.277 e. The molecule has 2 aromatic rings. The molecule has 0 fully saturated rings. The summed E-state index contributed by atoms with van der Waals surface area (Å²) in [7, 11) is 0. The average Bonchev–Trinajstić information content (AvgIpc) is 2.49. The van der Waals surface area contributed by atoms with Crippen molar-refractivity contribution in [3.05, 3.63) is 63.9 Å². The Morgan fingerprint density at radius 3 is 2.95 bits per heavy atom. The molecule has 0 saturated heterocycles. The predicted molar refractivity (Wildman–Crippen MR) is 86.5 cm³/mol. The van der Waals surface area contributed by atoms with Crippen LogP contribution in [-0.2, 0) is 4.79 Å². The molecular formula is C16H14BrFN2O2. The lowest BCUT2D eigenvalue weighted by molar-refractivity contribution is -0.123. The topological polar surface area (TPSA) is 50.7 Å². The van der Waals surface area contributed by atoms with Gasteiger partial charge in [0.25, 0.3) is 5.91 Å². The summed E-state index contributed by atoms with van der Waals surface area (Å²) >= 11 is 3.24. The maximum atomic E-state index is 13.5. The lowest BCUT2D eigenvalue weighted by Crippen LogP contribution is -2.24. The number of hydrazone groups is 1. The number of carbonyl (C=O) groups excluding carboxylic acids is 1. The van der Waals surface area contributed by atoms with E-state index >= 15 is 0 Å². The highest BCUT2D eigenvalue weighted by atomic mass is 79.9. The minimum Gasteiger partial charge on any atom is -0.484 e. The summed E-state index contributed by atoms with van der Waals surface area (Å²) in [6.45, 7) is 1.77. The third-order valence-electron chi connectivity index (χ3n) is 2.71. The molecular weight excluding hydrogens is 351 g/mol. The van der Waals surface area contributed by atoms with Crippen molar-refractivity contribution in [1.29, 1.82) is 0 Å². The molecule has 0 aliphatic carbocycles. The van der Waals surface area contributed by atoms with Gasteiger partial charge in [-0.3, -0.25) is 4.79 Å². The van der Waals surface area contributed by atoms with Crippen LogP contribution in [0.5, 0.6) is 5.75 Å². The molecule has 4 nitrogen and oxygen atoms in total. The number of aryl methyl sites for hydroxylation is 1. The second-order valence-electron chi connectivity index (χ2n) is 4.56. The number of amides is 1. The number of nitrogens with one attached hydrogen (secondary N) is 1. The highest BCUT2D eigenvalue weighted by molar-refractivity contribution is 9.10. The van der Waals surface area contributed by atoms with Gasteiger partial charge in [-0.15, -0.1) is 0 Å². The second kappa shape index (κ2) is 7.70. The molecule has 0 heterocycles. The van der Waals surface area contributed by atoms with Crippen molar-refractivity contribution in [2.45, 2.75) is 6.92 Å². The molecule has 1 N–H and O–H groups in total. The van der Waals surface area contributed by atoms with Gasteiger partial charge in [-0.05, 0) is 42.8 Å². The van der Waals surface area contributed by atoms with Gasteiger partial charge in [-0.25, -0.2) is 9.82 Å². The Morgan fingerprint density at radius 1 is 1.36 bits per heavy atom. The van der Waals surface area contributed by atoms with E-state index in [4.69, 9.17) is 4.74 Å². The quantitative estimate of drug-likeness (QED) is 0.652. The molecule has 0 bridgehead atoms. The Hall–Kier alpha value is -2.21. The van der Waals surface area contributed by atoms with E-state index < -0.39 is 11.7 Å². The summed E-state index contributed by atoms with van der Waals surface area (Å²) in [4.78, 5) is 11.6. The van der Waals surface area contributed by atoms with Crippen LogP contribution < -0.4 is 10.2 Å². The third-order valence-corrected chi connectivity index (χ3v) is 3.20. The van der Waals surface area contributed by atoms with Gasteiger partial charge in [0.05, 0.1) is 6.21 Å². The van der Waals surface area contributed by atoms with E-state index in [2.05, 4.69) is 26.5 Å². The van der Waals surface area contributed by atoms with E-state index in [1.54, 1.807) is 18.2 Å². The molecule has 0 atom stereocenters. The molecule has 0 aromatic heterocycles. The van der Waals surface area contributed by atoms with Crippen LogP contribution >= 0.6 is 15.9 Å². The fourth-order valence-electron chi connectivity index (χ4n) is 1.67. The summed E-state index contributed by atoms with van der Waals surface area (Å²) in [5.41, 5.74) is 3.60. The fraction of sp³-hybridized carbons (Fsp3) is 0.125. The van der Waals surface area contributed by atoms with Crippen molar-refractivity contribution < 1.29 is 13.9 Å². The van der Waals surface area contributed by atoms with Gasteiger partial charge in [0, 0.05) is 10.0 Å². The summed E-state index contributed by atoms with van der Waals surface area (Å²) in [6, 6.07) is 11.8. The van der Waals surface area contributed by atoms with Crippen molar-refractivity contribution in [2.75, 3.05) is 6.61 Å². The number of nitrogens with zero attached hydrogens (tertiary/aromatic N) is 1. The molecule has 22 heavy (non-hydrogen) atoms. The van der Waals surface area contributed by atoms with E-state index in [0.717, 1.165) is 10.0 Å². The fourth-order valence-corrected chi connectivity index (χ4v) is 2.05. The van der Waals surface area contributed by atoms with E-state index in [9.17, 15) is 9.18 Å². The van der Waals surface area contributed by atoms with Crippen molar-refractivity contribution in [3.8, 4) is 5.75 Å². The van der Waals surface area contributed by atoms with Crippen LogP contribution in [0, 0.1) is 12.7 Å².